The van der Waals surface area contributed by atoms with Crippen molar-refractivity contribution in [3.63, 3.8) is 0 Å². The van der Waals surface area contributed by atoms with Crippen LogP contribution in [0, 0.1) is 11.7 Å². The maximum atomic E-state index is 14.3. The first-order valence-electron chi connectivity index (χ1n) is 12.9. The molecule has 1 aliphatic carbocycles. The van der Waals surface area contributed by atoms with Gasteiger partial charge in [0.1, 0.15) is 12.6 Å². The summed E-state index contributed by atoms with van der Waals surface area (Å²) in [6.07, 6.45) is 15.2. The predicted octanol–water partition coefficient (Wildman–Crippen LogP) is 5.04. The average molecular weight is 490 g/mol. The van der Waals surface area contributed by atoms with Crippen molar-refractivity contribution in [3.8, 4) is 11.3 Å². The minimum absolute atomic E-state index is 0.0971. The Balaban J connectivity index is 0.00000148. The van der Waals surface area contributed by atoms with E-state index >= 15 is 0 Å². The number of carbonyl (C=O) groups excluding carboxylic acids is 1. The van der Waals surface area contributed by atoms with Gasteiger partial charge in [-0.2, -0.15) is 5.10 Å². The zero-order valence-corrected chi connectivity index (χ0v) is 20.8. The molecule has 0 bridgehead atoms. The molecule has 0 amide bonds. The highest BCUT2D eigenvalue weighted by Gasteiger charge is 2.23. The van der Waals surface area contributed by atoms with Gasteiger partial charge >= 0.3 is 0 Å². The second-order valence-electron chi connectivity index (χ2n) is 9.66. The first-order valence-corrected chi connectivity index (χ1v) is 12.9. The molecule has 0 radical (unpaired) electrons. The van der Waals surface area contributed by atoms with Crippen LogP contribution in [0.2, 0.25) is 0 Å². The van der Waals surface area contributed by atoms with Gasteiger partial charge in [0, 0.05) is 54.8 Å². The molecule has 7 heteroatoms. The van der Waals surface area contributed by atoms with E-state index in [0.717, 1.165) is 48.6 Å². The molecule has 2 aliphatic rings. The van der Waals surface area contributed by atoms with Gasteiger partial charge in [-0.1, -0.05) is 43.5 Å². The third kappa shape index (κ3) is 6.74. The van der Waals surface area contributed by atoms with Crippen LogP contribution in [0.25, 0.3) is 17.3 Å². The molecule has 2 N–H and O–H groups in total. The second-order valence-corrected chi connectivity index (χ2v) is 9.66. The van der Waals surface area contributed by atoms with E-state index in [1.54, 1.807) is 12.1 Å². The Kier molecular flexibility index (Phi) is 9.53. The summed E-state index contributed by atoms with van der Waals surface area (Å²) < 4.78 is 14.3. The zero-order valence-electron chi connectivity index (χ0n) is 20.8. The number of fused-ring (bicyclic) bond motifs is 1. The Labute approximate surface area is 213 Å². The number of aromatic nitrogens is 3. The van der Waals surface area contributed by atoms with E-state index in [2.05, 4.69) is 37.6 Å². The molecule has 3 heterocycles. The van der Waals surface area contributed by atoms with Crippen LogP contribution in [-0.2, 0) is 17.8 Å². The summed E-state index contributed by atoms with van der Waals surface area (Å²) in [5.74, 6) is 0.332. The van der Waals surface area contributed by atoms with Gasteiger partial charge < -0.3 is 10.1 Å². The summed E-state index contributed by atoms with van der Waals surface area (Å²) in [6, 6.07) is 11.6. The highest BCUT2D eigenvalue weighted by Crippen LogP contribution is 2.30. The summed E-state index contributed by atoms with van der Waals surface area (Å²) in [7, 11) is 0. The summed E-state index contributed by atoms with van der Waals surface area (Å²) in [5.41, 5.74) is 5.34. The molecule has 2 atom stereocenters. The lowest BCUT2D eigenvalue weighted by atomic mass is 9.90. The molecule has 2 aromatic heterocycles. The van der Waals surface area contributed by atoms with E-state index in [0.29, 0.717) is 18.5 Å². The van der Waals surface area contributed by atoms with Crippen molar-refractivity contribution >= 4 is 12.9 Å². The third-order valence-corrected chi connectivity index (χ3v) is 7.13. The van der Waals surface area contributed by atoms with Crippen LogP contribution in [0.3, 0.4) is 0 Å². The smallest absolute Gasteiger partial charge is 0.127 e. The Morgan fingerprint density at radius 2 is 1.89 bits per heavy atom. The Morgan fingerprint density at radius 3 is 2.72 bits per heavy atom. The number of halogens is 1. The highest BCUT2D eigenvalue weighted by molar-refractivity contribution is 5.69. The number of hydrogen-bond donors (Lipinski definition) is 2. The van der Waals surface area contributed by atoms with Gasteiger partial charge in [0.05, 0.1) is 11.4 Å². The monoisotopic (exact) mass is 489 g/mol. The summed E-state index contributed by atoms with van der Waals surface area (Å²) in [4.78, 5) is 14.6. The van der Waals surface area contributed by atoms with Crippen LogP contribution < -0.4 is 5.32 Å². The van der Waals surface area contributed by atoms with Crippen LogP contribution >= 0.6 is 0 Å². The lowest BCUT2D eigenvalue weighted by Crippen LogP contribution is -2.43. The number of H-pyrrole nitrogens is 1. The zero-order chi connectivity index (χ0) is 25.2. The van der Waals surface area contributed by atoms with Gasteiger partial charge in [-0.25, -0.2) is 4.39 Å². The molecule has 1 saturated heterocycles. The van der Waals surface area contributed by atoms with Gasteiger partial charge in [0.15, 0.2) is 0 Å². The lowest BCUT2D eigenvalue weighted by molar-refractivity contribution is -0.0979. The number of rotatable bonds is 6. The number of nitrogens with zero attached hydrogens (tertiary/aromatic N) is 3. The first-order chi connectivity index (χ1) is 17.8. The van der Waals surface area contributed by atoms with Crippen molar-refractivity contribution in [1.29, 1.82) is 0 Å². The summed E-state index contributed by atoms with van der Waals surface area (Å²) in [5, 5.41) is 11.6. The Bertz CT molecular complexity index is 1120. The van der Waals surface area contributed by atoms with E-state index < -0.39 is 0 Å². The van der Waals surface area contributed by atoms with Crippen LogP contribution in [0.4, 0.5) is 4.39 Å². The summed E-state index contributed by atoms with van der Waals surface area (Å²) in [6.45, 7) is 5.62. The van der Waals surface area contributed by atoms with E-state index in [1.165, 1.54) is 37.7 Å². The minimum Gasteiger partial charge on any atom is -0.312 e. The molecule has 2 unspecified atom stereocenters. The average Bonchev–Trinajstić information content (AvgIpc) is 3.38. The van der Waals surface area contributed by atoms with Crippen molar-refractivity contribution < 1.29 is 9.18 Å². The largest absolute Gasteiger partial charge is 0.312 e. The normalized spacial score (nSPS) is 20.4. The lowest BCUT2D eigenvalue weighted by Gasteiger charge is -2.29. The Hall–Kier alpha value is -3.16. The standard InChI is InChI=1S/C28H34FN5.CH2O/c29-26-9-5-4-7-23(26)19-34-16-6-2-1-3-8-24(20-34)31-18-21-10-11-27-25(17-21)28(33-32-27)22-12-14-30-15-13-22;1-2/h4-5,7,9-15,21,24,31H,1-3,6,8,16-20H2,(H,32,33);1H2. The molecule has 0 saturated carbocycles. The number of pyridine rings is 1. The molecular weight excluding hydrogens is 453 g/mol. The van der Waals surface area contributed by atoms with Crippen LogP contribution in [-0.4, -0.2) is 52.5 Å². The molecule has 1 aliphatic heterocycles. The molecule has 5 rings (SSSR count). The fourth-order valence-corrected chi connectivity index (χ4v) is 5.24. The molecule has 190 valence electrons. The SMILES string of the molecule is C=O.Fc1ccccc1CN1CCCCCCC(NCC2C=Cc3[nH]nc(-c4ccncc4)c3C2)C1. The van der Waals surface area contributed by atoms with E-state index in [4.69, 9.17) is 4.79 Å². The van der Waals surface area contributed by atoms with Crippen molar-refractivity contribution in [2.45, 2.75) is 51.1 Å². The maximum Gasteiger partial charge on any atom is 0.127 e. The van der Waals surface area contributed by atoms with E-state index in [1.807, 2.05) is 43.4 Å². The van der Waals surface area contributed by atoms with Crippen LogP contribution in [0.5, 0.6) is 0 Å². The molecular formula is C29H36FN5O. The number of benzene rings is 1. The quantitative estimate of drug-likeness (QED) is 0.508. The van der Waals surface area contributed by atoms with Crippen LogP contribution in [0.15, 0.2) is 54.9 Å². The number of nitrogens with one attached hydrogen (secondary N) is 2. The molecule has 36 heavy (non-hydrogen) atoms. The molecule has 1 fully saturated rings. The number of carbonyl (C=O) groups is 1. The maximum absolute atomic E-state index is 14.3. The number of aromatic amines is 1. The van der Waals surface area contributed by atoms with Gasteiger partial charge in [0.2, 0.25) is 0 Å². The molecule has 0 spiro atoms. The van der Waals surface area contributed by atoms with Crippen LogP contribution in [0.1, 0.15) is 48.9 Å². The fraction of sp³-hybridized carbons (Fsp3) is 0.414. The molecule has 1 aromatic carbocycles. The van der Waals surface area contributed by atoms with E-state index in [9.17, 15) is 4.39 Å². The second kappa shape index (κ2) is 13.2. The fourth-order valence-electron chi connectivity index (χ4n) is 5.24. The molecule has 6 nitrogen and oxygen atoms in total. The van der Waals surface area contributed by atoms with Crippen molar-refractivity contribution in [3.05, 3.63) is 77.5 Å². The van der Waals surface area contributed by atoms with Gasteiger partial charge in [-0.3, -0.25) is 15.0 Å². The highest BCUT2D eigenvalue weighted by atomic mass is 19.1. The summed E-state index contributed by atoms with van der Waals surface area (Å²) >= 11 is 0. The van der Waals surface area contributed by atoms with Crippen molar-refractivity contribution in [1.82, 2.24) is 25.4 Å². The first kappa shape index (κ1) is 25.9. The van der Waals surface area contributed by atoms with Gasteiger partial charge in [0.25, 0.3) is 0 Å². The minimum atomic E-state index is -0.0971. The predicted molar refractivity (Wildman–Crippen MR) is 142 cm³/mol. The molecule has 3 aromatic rings. The van der Waals surface area contributed by atoms with Gasteiger partial charge in [-0.05, 0) is 56.0 Å². The van der Waals surface area contributed by atoms with Gasteiger partial charge in [-0.15, -0.1) is 0 Å². The van der Waals surface area contributed by atoms with E-state index in [-0.39, 0.29) is 5.82 Å². The Morgan fingerprint density at radius 1 is 1.08 bits per heavy atom. The topological polar surface area (TPSA) is 73.9 Å². The van der Waals surface area contributed by atoms with Crippen molar-refractivity contribution in [2.75, 3.05) is 19.6 Å². The number of hydrogen-bond acceptors (Lipinski definition) is 5. The van der Waals surface area contributed by atoms with Crippen molar-refractivity contribution in [2.24, 2.45) is 5.92 Å². The third-order valence-electron chi connectivity index (χ3n) is 7.13.